The Morgan fingerprint density at radius 3 is 2.92 bits per heavy atom. The number of allylic oxidation sites excluding steroid dienone is 2. The first kappa shape index (κ1) is 10.4. The fraction of sp³-hybridized carbons (Fsp3) is 0.111. The molecule has 0 radical (unpaired) electrons. The van der Waals surface area contributed by atoms with Gasteiger partial charge in [0.2, 0.25) is 5.28 Å². The minimum absolute atomic E-state index is 0.221. The summed E-state index contributed by atoms with van der Waals surface area (Å²) < 4.78 is 0.961. The van der Waals surface area contributed by atoms with Crippen LogP contribution in [0.3, 0.4) is 0 Å². The van der Waals surface area contributed by atoms with Crippen molar-refractivity contribution in [2.45, 2.75) is 6.92 Å². The molecule has 0 fully saturated rings. The zero-order valence-corrected chi connectivity index (χ0v) is 9.43. The molecular weight excluding hydrogens is 251 g/mol. The third-order valence-electron chi connectivity index (χ3n) is 1.44. The summed E-state index contributed by atoms with van der Waals surface area (Å²) in [5.41, 5.74) is 0. The second-order valence-corrected chi connectivity index (χ2v) is 3.61. The lowest BCUT2D eigenvalue weighted by Crippen LogP contribution is -2.27. The fourth-order valence-electron chi connectivity index (χ4n) is 0.755. The molecule has 4 heteroatoms. The number of hydrogen-bond donors (Lipinski definition) is 0. The van der Waals surface area contributed by atoms with Gasteiger partial charge >= 0.3 is 0 Å². The van der Waals surface area contributed by atoms with E-state index < -0.39 is 0 Å². The third-order valence-corrected chi connectivity index (χ3v) is 2.31. The molecule has 0 aliphatic rings. The quantitative estimate of drug-likeness (QED) is 0.716. The summed E-state index contributed by atoms with van der Waals surface area (Å²) in [5, 5.41) is 1.70. The maximum Gasteiger partial charge on any atom is 0.222 e. The average Bonchev–Trinajstić information content (AvgIpc) is 2.09. The highest BCUT2D eigenvalue weighted by molar-refractivity contribution is 9.12. The van der Waals surface area contributed by atoms with E-state index >= 15 is 0 Å². The molecule has 0 aliphatic heterocycles. The lowest BCUT2D eigenvalue weighted by molar-refractivity contribution is 1.10. The van der Waals surface area contributed by atoms with Gasteiger partial charge in [-0.1, -0.05) is 28.6 Å². The minimum Gasteiger partial charge on any atom is -0.226 e. The SMILES string of the molecule is C=c1nc(Cl)nc/c1=C/C(Br)=C\C. The monoisotopic (exact) mass is 258 g/mol. The van der Waals surface area contributed by atoms with Crippen LogP contribution in [0.5, 0.6) is 0 Å². The maximum atomic E-state index is 5.58. The van der Waals surface area contributed by atoms with Gasteiger partial charge in [-0.25, -0.2) is 9.97 Å². The van der Waals surface area contributed by atoms with Gasteiger partial charge in [0.1, 0.15) is 0 Å². The molecule has 1 aromatic rings. The van der Waals surface area contributed by atoms with E-state index in [1.165, 1.54) is 0 Å². The van der Waals surface area contributed by atoms with E-state index in [-0.39, 0.29) is 5.28 Å². The van der Waals surface area contributed by atoms with Crippen LogP contribution in [0.1, 0.15) is 6.92 Å². The fourth-order valence-corrected chi connectivity index (χ4v) is 1.15. The van der Waals surface area contributed by atoms with E-state index in [1.807, 2.05) is 19.1 Å². The summed E-state index contributed by atoms with van der Waals surface area (Å²) in [6.07, 6.45) is 5.45. The van der Waals surface area contributed by atoms with E-state index in [4.69, 9.17) is 11.6 Å². The van der Waals surface area contributed by atoms with Crippen molar-refractivity contribution in [3.8, 4) is 0 Å². The highest BCUT2D eigenvalue weighted by atomic mass is 79.9. The van der Waals surface area contributed by atoms with Gasteiger partial charge in [0, 0.05) is 15.9 Å². The van der Waals surface area contributed by atoms with Crippen LogP contribution in [0, 0.1) is 0 Å². The van der Waals surface area contributed by atoms with Gasteiger partial charge in [-0.2, -0.15) is 0 Å². The Hall–Kier alpha value is -0.670. The molecule has 0 aliphatic carbocycles. The molecule has 0 atom stereocenters. The van der Waals surface area contributed by atoms with Crippen LogP contribution in [0.2, 0.25) is 5.28 Å². The zero-order valence-electron chi connectivity index (χ0n) is 7.09. The smallest absolute Gasteiger partial charge is 0.222 e. The summed E-state index contributed by atoms with van der Waals surface area (Å²) in [5.74, 6) is 0. The molecule has 0 amide bonds. The van der Waals surface area contributed by atoms with Crippen LogP contribution in [0.4, 0.5) is 0 Å². The van der Waals surface area contributed by atoms with Gasteiger partial charge < -0.3 is 0 Å². The van der Waals surface area contributed by atoms with Crippen LogP contribution in [-0.4, -0.2) is 9.97 Å². The second kappa shape index (κ2) is 4.53. The van der Waals surface area contributed by atoms with Crippen LogP contribution in [-0.2, 0) is 0 Å². The summed E-state index contributed by atoms with van der Waals surface area (Å²) >= 11 is 8.94. The number of aromatic nitrogens is 2. The van der Waals surface area contributed by atoms with Crippen LogP contribution in [0.15, 0.2) is 16.8 Å². The highest BCUT2D eigenvalue weighted by Gasteiger charge is 1.90. The first-order valence-corrected chi connectivity index (χ1v) is 4.81. The van der Waals surface area contributed by atoms with Gasteiger partial charge in [0.05, 0.1) is 5.35 Å². The predicted octanol–water partition coefficient (Wildman–Crippen LogP) is 1.62. The summed E-state index contributed by atoms with van der Waals surface area (Å²) in [4.78, 5) is 7.79. The van der Waals surface area contributed by atoms with Gasteiger partial charge in [0.25, 0.3) is 0 Å². The molecule has 13 heavy (non-hydrogen) atoms. The molecule has 1 aromatic heterocycles. The largest absolute Gasteiger partial charge is 0.226 e. The summed E-state index contributed by atoms with van der Waals surface area (Å²) in [7, 11) is 0. The molecule has 0 N–H and O–H groups in total. The molecule has 0 aromatic carbocycles. The molecular formula is C9H8BrClN2. The highest BCUT2D eigenvalue weighted by Crippen LogP contribution is 2.04. The number of nitrogens with zero attached hydrogens (tertiary/aromatic N) is 2. The van der Waals surface area contributed by atoms with Gasteiger partial charge in [-0.15, -0.1) is 0 Å². The average molecular weight is 260 g/mol. The van der Waals surface area contributed by atoms with Crippen molar-refractivity contribution in [2.75, 3.05) is 0 Å². The van der Waals surface area contributed by atoms with Crippen molar-refractivity contribution in [3.63, 3.8) is 0 Å². The maximum absolute atomic E-state index is 5.58. The van der Waals surface area contributed by atoms with Crippen molar-refractivity contribution < 1.29 is 0 Å². The Balaban J connectivity index is 3.32. The van der Waals surface area contributed by atoms with Crippen molar-refractivity contribution in [3.05, 3.63) is 32.6 Å². The number of rotatable bonds is 1. The first-order chi connectivity index (χ1) is 6.13. The molecule has 2 nitrogen and oxygen atoms in total. The van der Waals surface area contributed by atoms with Gasteiger partial charge in [0.15, 0.2) is 0 Å². The van der Waals surface area contributed by atoms with Gasteiger partial charge in [-0.3, -0.25) is 0 Å². The zero-order chi connectivity index (χ0) is 9.84. The Bertz CT molecular complexity index is 439. The van der Waals surface area contributed by atoms with E-state index in [0.717, 1.165) is 9.70 Å². The van der Waals surface area contributed by atoms with E-state index in [2.05, 4.69) is 32.5 Å². The third kappa shape index (κ3) is 2.94. The van der Waals surface area contributed by atoms with Crippen molar-refractivity contribution in [1.29, 1.82) is 0 Å². The Labute approximate surface area is 89.8 Å². The van der Waals surface area contributed by atoms with Crippen molar-refractivity contribution >= 4 is 40.2 Å². The summed E-state index contributed by atoms with van der Waals surface area (Å²) in [6, 6.07) is 0. The number of hydrogen-bond acceptors (Lipinski definition) is 2. The van der Waals surface area contributed by atoms with Crippen molar-refractivity contribution in [2.24, 2.45) is 0 Å². The molecule has 0 bridgehead atoms. The lowest BCUT2D eigenvalue weighted by Gasteiger charge is -1.90. The summed E-state index contributed by atoms with van der Waals surface area (Å²) in [6.45, 7) is 5.68. The second-order valence-electron chi connectivity index (χ2n) is 2.36. The lowest BCUT2D eigenvalue weighted by atomic mass is 10.3. The van der Waals surface area contributed by atoms with Crippen molar-refractivity contribution in [1.82, 2.24) is 9.97 Å². The molecule has 0 unspecified atom stereocenters. The van der Waals surface area contributed by atoms with E-state index in [0.29, 0.717) is 5.35 Å². The molecule has 0 saturated heterocycles. The standard InChI is InChI=1S/C9H8BrClN2/c1-3-8(10)4-7-5-12-9(11)13-6(7)2/h3-5H,2H2,1H3/b7-4-,8-3+. The normalized spacial score (nSPS) is 13.5. The Kier molecular flexibility index (Phi) is 3.63. The molecule has 68 valence electrons. The van der Waals surface area contributed by atoms with Gasteiger partial charge in [-0.05, 0) is 24.6 Å². The molecule has 0 spiro atoms. The predicted molar refractivity (Wildman–Crippen MR) is 59.0 cm³/mol. The topological polar surface area (TPSA) is 25.8 Å². The Morgan fingerprint density at radius 2 is 2.38 bits per heavy atom. The van der Waals surface area contributed by atoms with E-state index in [1.54, 1.807) is 6.20 Å². The minimum atomic E-state index is 0.221. The van der Waals surface area contributed by atoms with Crippen LogP contribution in [0.25, 0.3) is 12.7 Å². The Morgan fingerprint density at radius 1 is 1.69 bits per heavy atom. The molecule has 1 rings (SSSR count). The van der Waals surface area contributed by atoms with Crippen LogP contribution < -0.4 is 10.6 Å². The van der Waals surface area contributed by atoms with E-state index in [9.17, 15) is 0 Å². The number of halogens is 2. The molecule has 1 heterocycles. The van der Waals surface area contributed by atoms with Crippen LogP contribution >= 0.6 is 27.5 Å². The first-order valence-electron chi connectivity index (χ1n) is 3.64. The molecule has 0 saturated carbocycles.